The first-order valence-corrected chi connectivity index (χ1v) is 6.21. The molecule has 0 aromatic carbocycles. The number of amides is 1. The van der Waals surface area contributed by atoms with Gasteiger partial charge in [0.1, 0.15) is 0 Å². The molecule has 106 valence electrons. The Hall–Kier alpha value is -0.360. The number of rotatable bonds is 4. The average Bonchev–Trinajstić information content (AvgIpc) is 2.61. The predicted molar refractivity (Wildman–Crippen MR) is 80.6 cm³/mol. The highest BCUT2D eigenvalue weighted by atomic mass is 35.5. The Bertz CT molecular complexity index is 371. The van der Waals surface area contributed by atoms with E-state index in [4.69, 9.17) is 5.73 Å². The van der Waals surface area contributed by atoms with Crippen LogP contribution in [0.1, 0.15) is 24.5 Å². The van der Waals surface area contributed by atoms with Crippen LogP contribution in [0.3, 0.4) is 0 Å². The van der Waals surface area contributed by atoms with Crippen LogP contribution >= 0.6 is 36.2 Å². The Kier molecular flexibility index (Phi) is 9.64. The third kappa shape index (κ3) is 5.52. The number of thiazole rings is 1. The summed E-state index contributed by atoms with van der Waals surface area (Å²) >= 11 is 1.60. The van der Waals surface area contributed by atoms with Crippen LogP contribution in [0.4, 0.5) is 0 Å². The molecule has 1 aromatic rings. The maximum absolute atomic E-state index is 11.9. The fraction of sp³-hybridized carbons (Fsp3) is 0.636. The van der Waals surface area contributed by atoms with Crippen LogP contribution in [0.2, 0.25) is 0 Å². The average molecular weight is 314 g/mol. The fourth-order valence-corrected chi connectivity index (χ4v) is 1.98. The number of hydrogen-bond donors (Lipinski definition) is 1. The van der Waals surface area contributed by atoms with Gasteiger partial charge in [0.15, 0.2) is 0 Å². The molecule has 4 nitrogen and oxygen atoms in total. The third-order valence-corrected chi connectivity index (χ3v) is 3.44. The molecular weight excluding hydrogens is 293 g/mol. The highest BCUT2D eigenvalue weighted by molar-refractivity contribution is 7.09. The monoisotopic (exact) mass is 313 g/mol. The van der Waals surface area contributed by atoms with Gasteiger partial charge in [0, 0.05) is 18.5 Å². The van der Waals surface area contributed by atoms with Gasteiger partial charge in [-0.25, -0.2) is 4.98 Å². The van der Waals surface area contributed by atoms with Crippen LogP contribution in [0.15, 0.2) is 5.38 Å². The SMILES string of the molecule is Cc1nc(CN(C)C(=O)C(C)C(C)N)cs1.Cl.Cl. The molecule has 0 saturated carbocycles. The molecule has 7 heteroatoms. The first kappa shape index (κ1) is 20.0. The molecule has 2 unspecified atom stereocenters. The third-order valence-electron chi connectivity index (χ3n) is 2.62. The van der Waals surface area contributed by atoms with Gasteiger partial charge in [-0.2, -0.15) is 0 Å². The highest BCUT2D eigenvalue weighted by Gasteiger charge is 2.21. The summed E-state index contributed by atoms with van der Waals surface area (Å²) < 4.78 is 0. The molecule has 2 N–H and O–H groups in total. The molecule has 0 aliphatic rings. The molecule has 0 fully saturated rings. The summed E-state index contributed by atoms with van der Waals surface area (Å²) in [7, 11) is 1.79. The first-order valence-electron chi connectivity index (χ1n) is 5.33. The van der Waals surface area contributed by atoms with E-state index in [9.17, 15) is 4.79 Å². The molecule has 0 bridgehead atoms. The summed E-state index contributed by atoms with van der Waals surface area (Å²) in [6, 6.07) is -0.118. The minimum Gasteiger partial charge on any atom is -0.340 e. The number of hydrogen-bond acceptors (Lipinski definition) is 4. The van der Waals surface area contributed by atoms with E-state index in [1.807, 2.05) is 26.2 Å². The molecule has 2 atom stereocenters. The van der Waals surface area contributed by atoms with Gasteiger partial charge >= 0.3 is 0 Å². The minimum absolute atomic E-state index is 0. The number of carbonyl (C=O) groups excluding carboxylic acids is 1. The zero-order valence-corrected chi connectivity index (χ0v) is 13.5. The number of aryl methyl sites for hydroxylation is 1. The zero-order chi connectivity index (χ0) is 12.3. The highest BCUT2D eigenvalue weighted by Crippen LogP contribution is 2.12. The van der Waals surface area contributed by atoms with Gasteiger partial charge in [-0.3, -0.25) is 4.79 Å². The van der Waals surface area contributed by atoms with Gasteiger partial charge in [0.05, 0.1) is 23.2 Å². The summed E-state index contributed by atoms with van der Waals surface area (Å²) in [5.74, 6) is -0.0783. The van der Waals surface area contributed by atoms with E-state index in [1.54, 1.807) is 23.3 Å². The second-order valence-corrected chi connectivity index (χ2v) is 5.26. The van der Waals surface area contributed by atoms with Crippen molar-refractivity contribution in [3.8, 4) is 0 Å². The van der Waals surface area contributed by atoms with Crippen molar-refractivity contribution >= 4 is 42.1 Å². The van der Waals surface area contributed by atoms with Crippen LogP contribution in [0.5, 0.6) is 0 Å². The first-order chi connectivity index (χ1) is 7.41. The van der Waals surface area contributed by atoms with Crippen LogP contribution < -0.4 is 5.73 Å². The molecule has 1 heterocycles. The quantitative estimate of drug-likeness (QED) is 0.927. The van der Waals surface area contributed by atoms with Crippen molar-refractivity contribution in [3.05, 3.63) is 16.1 Å². The lowest BCUT2D eigenvalue weighted by Crippen LogP contribution is -2.39. The molecular formula is C11H21Cl2N3OS. The van der Waals surface area contributed by atoms with Crippen molar-refractivity contribution < 1.29 is 4.79 Å². The smallest absolute Gasteiger partial charge is 0.227 e. The van der Waals surface area contributed by atoms with Gasteiger partial charge in [-0.1, -0.05) is 6.92 Å². The van der Waals surface area contributed by atoms with Crippen molar-refractivity contribution in [1.29, 1.82) is 0 Å². The van der Waals surface area contributed by atoms with Crippen LogP contribution in [0, 0.1) is 12.8 Å². The molecule has 1 rings (SSSR count). The number of nitrogens with zero attached hydrogens (tertiary/aromatic N) is 2. The van der Waals surface area contributed by atoms with Crippen molar-refractivity contribution in [2.75, 3.05) is 7.05 Å². The fourth-order valence-electron chi connectivity index (χ4n) is 1.37. The van der Waals surface area contributed by atoms with Gasteiger partial charge in [-0.15, -0.1) is 36.2 Å². The van der Waals surface area contributed by atoms with E-state index in [0.717, 1.165) is 10.7 Å². The zero-order valence-electron chi connectivity index (χ0n) is 11.0. The molecule has 0 radical (unpaired) electrons. The molecule has 0 aliphatic carbocycles. The Labute approximate surface area is 125 Å². The van der Waals surface area contributed by atoms with E-state index in [0.29, 0.717) is 6.54 Å². The van der Waals surface area contributed by atoms with Gasteiger partial charge in [0.2, 0.25) is 5.91 Å². The minimum atomic E-state index is -0.148. The normalized spacial score (nSPS) is 12.9. The van der Waals surface area contributed by atoms with E-state index >= 15 is 0 Å². The van der Waals surface area contributed by atoms with E-state index in [-0.39, 0.29) is 42.7 Å². The summed E-state index contributed by atoms with van der Waals surface area (Å²) in [6.07, 6.45) is 0. The van der Waals surface area contributed by atoms with Crippen molar-refractivity contribution in [1.82, 2.24) is 9.88 Å². The van der Waals surface area contributed by atoms with Crippen molar-refractivity contribution in [2.24, 2.45) is 11.7 Å². The Morgan fingerprint density at radius 3 is 2.44 bits per heavy atom. The van der Waals surface area contributed by atoms with Gasteiger partial charge < -0.3 is 10.6 Å². The number of carbonyl (C=O) groups is 1. The summed E-state index contributed by atoms with van der Waals surface area (Å²) in [5, 5.41) is 3.01. The summed E-state index contributed by atoms with van der Waals surface area (Å²) in [4.78, 5) is 17.9. The largest absolute Gasteiger partial charge is 0.340 e. The van der Waals surface area contributed by atoms with Crippen molar-refractivity contribution in [2.45, 2.75) is 33.4 Å². The standard InChI is InChI=1S/C11H19N3OS.2ClH/c1-7(8(2)12)11(15)14(4)5-10-6-16-9(3)13-10;;/h6-8H,5,12H2,1-4H3;2*1H. The Balaban J connectivity index is 0. The number of halogens is 2. The second kappa shape index (κ2) is 8.69. The molecule has 1 aromatic heterocycles. The lowest BCUT2D eigenvalue weighted by molar-refractivity contribution is -0.134. The summed E-state index contributed by atoms with van der Waals surface area (Å²) in [6.45, 7) is 6.22. The number of aromatic nitrogens is 1. The molecule has 0 aliphatic heterocycles. The molecule has 18 heavy (non-hydrogen) atoms. The van der Waals surface area contributed by atoms with Gasteiger partial charge in [-0.05, 0) is 13.8 Å². The lowest BCUT2D eigenvalue weighted by Gasteiger charge is -2.22. The van der Waals surface area contributed by atoms with Crippen LogP contribution in [-0.2, 0) is 11.3 Å². The topological polar surface area (TPSA) is 59.2 Å². The Morgan fingerprint density at radius 2 is 2.06 bits per heavy atom. The molecule has 0 spiro atoms. The Morgan fingerprint density at radius 1 is 1.50 bits per heavy atom. The van der Waals surface area contributed by atoms with Gasteiger partial charge in [0.25, 0.3) is 0 Å². The maximum Gasteiger partial charge on any atom is 0.227 e. The van der Waals surface area contributed by atoms with E-state index in [2.05, 4.69) is 4.98 Å². The van der Waals surface area contributed by atoms with Crippen LogP contribution in [-0.4, -0.2) is 28.9 Å². The predicted octanol–water partition coefficient (Wildman–Crippen LogP) is 2.24. The molecule has 0 saturated heterocycles. The van der Waals surface area contributed by atoms with E-state index in [1.165, 1.54) is 0 Å². The number of nitrogens with two attached hydrogens (primary N) is 1. The molecule has 1 amide bonds. The lowest BCUT2D eigenvalue weighted by atomic mass is 10.0. The van der Waals surface area contributed by atoms with E-state index < -0.39 is 0 Å². The van der Waals surface area contributed by atoms with Crippen LogP contribution in [0.25, 0.3) is 0 Å². The maximum atomic E-state index is 11.9. The summed E-state index contributed by atoms with van der Waals surface area (Å²) in [5.41, 5.74) is 6.65. The van der Waals surface area contributed by atoms with Crippen molar-refractivity contribution in [3.63, 3.8) is 0 Å². The second-order valence-electron chi connectivity index (χ2n) is 4.20.